The Morgan fingerprint density at radius 1 is 1.12 bits per heavy atom. The summed E-state index contributed by atoms with van der Waals surface area (Å²) < 4.78 is 5.54. The van der Waals surface area contributed by atoms with Crippen LogP contribution in [0.2, 0.25) is 0 Å². The average Bonchev–Trinajstić information content (AvgIpc) is 3.10. The molecule has 5 nitrogen and oxygen atoms in total. The second-order valence-corrected chi connectivity index (χ2v) is 13.2. The molecule has 34 heavy (non-hydrogen) atoms. The molecule has 0 heterocycles. The number of rotatable bonds is 7. The maximum Gasteiger partial charge on any atom is 0.302 e. The minimum atomic E-state index is -0.594. The molecule has 0 aromatic rings. The van der Waals surface area contributed by atoms with Gasteiger partial charge in [0.1, 0.15) is 6.10 Å². The number of carbonyl (C=O) groups excluding carboxylic acids is 1. The monoisotopic (exact) mass is 473 g/mol. The third-order valence-corrected chi connectivity index (χ3v) is 10.9. The van der Waals surface area contributed by atoms with Crippen LogP contribution in [0.15, 0.2) is 11.6 Å². The number of nitro groups is 1. The number of fused-ring (bicyclic) bond motifs is 5. The first kappa shape index (κ1) is 25.7. The van der Waals surface area contributed by atoms with E-state index < -0.39 is 6.04 Å². The first-order valence-electron chi connectivity index (χ1n) is 14.0. The topological polar surface area (TPSA) is 69.4 Å². The summed E-state index contributed by atoms with van der Waals surface area (Å²) >= 11 is 0. The maximum atomic E-state index is 12.4. The van der Waals surface area contributed by atoms with E-state index in [0.29, 0.717) is 30.1 Å². The quantitative estimate of drug-likeness (QED) is 0.169. The molecular formula is C29H47NO4. The van der Waals surface area contributed by atoms with Crippen molar-refractivity contribution in [3.63, 3.8) is 0 Å². The molecule has 0 saturated heterocycles. The lowest BCUT2D eigenvalue weighted by Gasteiger charge is -2.58. The average molecular weight is 474 g/mol. The molecule has 0 aromatic heterocycles. The highest BCUT2D eigenvalue weighted by molar-refractivity contribution is 5.66. The van der Waals surface area contributed by atoms with Crippen molar-refractivity contribution in [1.82, 2.24) is 0 Å². The third kappa shape index (κ3) is 4.46. The molecule has 9 atom stereocenters. The Kier molecular flexibility index (Phi) is 7.24. The molecule has 0 N–H and O–H groups in total. The van der Waals surface area contributed by atoms with Crippen molar-refractivity contribution in [1.29, 1.82) is 0 Å². The number of hydrogen-bond donors (Lipinski definition) is 0. The molecule has 0 radical (unpaired) electrons. The van der Waals surface area contributed by atoms with Gasteiger partial charge in [0.05, 0.1) is 0 Å². The number of carbonyl (C=O) groups is 1. The van der Waals surface area contributed by atoms with Crippen molar-refractivity contribution in [2.75, 3.05) is 0 Å². The minimum absolute atomic E-state index is 0.00478. The predicted octanol–water partition coefficient (Wildman–Crippen LogP) is 7.21. The second-order valence-electron chi connectivity index (χ2n) is 13.2. The van der Waals surface area contributed by atoms with Crippen LogP contribution in [0.4, 0.5) is 0 Å². The molecule has 4 rings (SSSR count). The van der Waals surface area contributed by atoms with Gasteiger partial charge in [0.25, 0.3) is 0 Å². The Labute approximate surface area is 206 Å². The SMILES string of the molecule is CC(=O)O[C@H]1CC[C@@]2(C)C(=C[C@H]([N+](=O)[O-])[C@H]3[C@@H]4CC[C@H]([C@H](C)CCCC(C)C)[C@@]4(C)CC[C@@H]32)C1. The van der Waals surface area contributed by atoms with Gasteiger partial charge in [-0.15, -0.1) is 0 Å². The molecule has 0 unspecified atom stereocenters. The third-order valence-electron chi connectivity index (χ3n) is 10.9. The van der Waals surface area contributed by atoms with Gasteiger partial charge in [-0.25, -0.2) is 0 Å². The van der Waals surface area contributed by atoms with E-state index in [9.17, 15) is 14.9 Å². The number of ether oxygens (including phenoxy) is 1. The predicted molar refractivity (Wildman–Crippen MR) is 135 cm³/mol. The van der Waals surface area contributed by atoms with Crippen LogP contribution in [0, 0.1) is 56.5 Å². The molecule has 5 heteroatoms. The van der Waals surface area contributed by atoms with Crippen LogP contribution in [0.3, 0.4) is 0 Å². The van der Waals surface area contributed by atoms with Crippen molar-refractivity contribution in [3.8, 4) is 0 Å². The van der Waals surface area contributed by atoms with Gasteiger partial charge < -0.3 is 4.74 Å². The van der Waals surface area contributed by atoms with Crippen molar-refractivity contribution < 1.29 is 14.5 Å². The zero-order chi connectivity index (χ0) is 24.8. The van der Waals surface area contributed by atoms with E-state index in [-0.39, 0.29) is 33.7 Å². The molecular weight excluding hydrogens is 426 g/mol. The van der Waals surface area contributed by atoms with Gasteiger partial charge in [-0.05, 0) is 85.0 Å². The van der Waals surface area contributed by atoms with E-state index in [1.807, 2.05) is 6.08 Å². The lowest BCUT2D eigenvalue weighted by molar-refractivity contribution is -0.527. The van der Waals surface area contributed by atoms with Crippen molar-refractivity contribution in [3.05, 3.63) is 21.8 Å². The highest BCUT2D eigenvalue weighted by Gasteiger charge is 2.63. The Balaban J connectivity index is 1.59. The summed E-state index contributed by atoms with van der Waals surface area (Å²) in [6.07, 6.45) is 13.0. The van der Waals surface area contributed by atoms with E-state index in [2.05, 4.69) is 34.6 Å². The van der Waals surface area contributed by atoms with Crippen molar-refractivity contribution >= 4 is 5.97 Å². The smallest absolute Gasteiger partial charge is 0.302 e. The van der Waals surface area contributed by atoms with E-state index in [4.69, 9.17) is 4.74 Å². The van der Waals surface area contributed by atoms with E-state index in [0.717, 1.165) is 31.6 Å². The summed E-state index contributed by atoms with van der Waals surface area (Å²) in [5.41, 5.74) is 1.42. The normalized spacial score (nSPS) is 42.3. The summed E-state index contributed by atoms with van der Waals surface area (Å²) in [5.74, 6) is 2.85. The first-order valence-corrected chi connectivity index (χ1v) is 14.0. The van der Waals surface area contributed by atoms with E-state index >= 15 is 0 Å². The molecule has 0 bridgehead atoms. The van der Waals surface area contributed by atoms with Crippen molar-refractivity contribution in [2.24, 2.45) is 46.3 Å². The zero-order valence-corrected chi connectivity index (χ0v) is 22.3. The Morgan fingerprint density at radius 2 is 1.85 bits per heavy atom. The van der Waals surface area contributed by atoms with Gasteiger partial charge >= 0.3 is 5.97 Å². The second kappa shape index (κ2) is 9.58. The standard InChI is InChI=1S/C29H47NO4/c1-18(2)8-7-9-19(3)23-10-11-24-27-25(13-15-29(23,24)6)28(5)14-12-22(34-20(4)31)16-21(28)17-26(27)30(32)33/h17-19,22-27H,7-16H2,1-6H3/t19-,22+,23-,24+,25+,26+,27+,28+,29-/m1/s1. The van der Waals surface area contributed by atoms with Crippen LogP contribution in [0.1, 0.15) is 106 Å². The van der Waals surface area contributed by atoms with Crippen LogP contribution in [-0.2, 0) is 9.53 Å². The molecule has 4 aliphatic rings. The Bertz CT molecular complexity index is 821. The van der Waals surface area contributed by atoms with Gasteiger partial charge in [-0.1, -0.05) is 59.5 Å². The molecule has 0 aromatic carbocycles. The lowest BCUT2D eigenvalue weighted by atomic mass is 9.46. The summed E-state index contributed by atoms with van der Waals surface area (Å²) in [6.45, 7) is 13.4. The van der Waals surface area contributed by atoms with Gasteiger partial charge in [-0.3, -0.25) is 14.9 Å². The Hall–Kier alpha value is -1.39. The van der Waals surface area contributed by atoms with Crippen molar-refractivity contribution in [2.45, 2.75) is 118 Å². The summed E-state index contributed by atoms with van der Waals surface area (Å²) in [5, 5.41) is 12.4. The summed E-state index contributed by atoms with van der Waals surface area (Å²) in [7, 11) is 0. The highest BCUT2D eigenvalue weighted by atomic mass is 16.6. The van der Waals surface area contributed by atoms with Crippen LogP contribution >= 0.6 is 0 Å². The van der Waals surface area contributed by atoms with Crippen LogP contribution in [0.25, 0.3) is 0 Å². The number of esters is 1. The summed E-state index contributed by atoms with van der Waals surface area (Å²) in [4.78, 5) is 24.0. The molecule has 3 saturated carbocycles. The maximum absolute atomic E-state index is 12.4. The fourth-order valence-electron chi connectivity index (χ4n) is 9.18. The molecule has 0 aliphatic heterocycles. The first-order chi connectivity index (χ1) is 16.0. The van der Waals surface area contributed by atoms with Gasteiger partial charge in [0.15, 0.2) is 0 Å². The summed E-state index contributed by atoms with van der Waals surface area (Å²) in [6, 6.07) is -0.594. The molecule has 3 fully saturated rings. The number of nitrogens with zero attached hydrogens (tertiary/aromatic N) is 1. The largest absolute Gasteiger partial charge is 0.462 e. The van der Waals surface area contributed by atoms with Crippen LogP contribution in [0.5, 0.6) is 0 Å². The van der Waals surface area contributed by atoms with Crippen LogP contribution < -0.4 is 0 Å². The lowest BCUT2D eigenvalue weighted by Crippen LogP contribution is -2.56. The minimum Gasteiger partial charge on any atom is -0.462 e. The van der Waals surface area contributed by atoms with Gasteiger partial charge in [0, 0.05) is 24.2 Å². The van der Waals surface area contributed by atoms with E-state index in [1.54, 1.807) is 0 Å². The Morgan fingerprint density at radius 3 is 2.50 bits per heavy atom. The van der Waals surface area contributed by atoms with Gasteiger partial charge in [-0.2, -0.15) is 0 Å². The molecule has 0 amide bonds. The molecule has 0 spiro atoms. The van der Waals surface area contributed by atoms with E-state index in [1.165, 1.54) is 44.6 Å². The number of hydrogen-bond acceptors (Lipinski definition) is 4. The van der Waals surface area contributed by atoms with Gasteiger partial charge in [0.2, 0.25) is 6.04 Å². The molecule has 192 valence electrons. The fraction of sp³-hybridized carbons (Fsp3) is 0.897. The fourth-order valence-corrected chi connectivity index (χ4v) is 9.18. The zero-order valence-electron chi connectivity index (χ0n) is 22.3. The van der Waals surface area contributed by atoms with Crippen LogP contribution in [-0.4, -0.2) is 23.0 Å². The molecule has 4 aliphatic carbocycles. The highest BCUT2D eigenvalue weighted by Crippen LogP contribution is 2.67.